The van der Waals surface area contributed by atoms with Gasteiger partial charge in [0.2, 0.25) is 0 Å². The lowest BCUT2D eigenvalue weighted by Crippen LogP contribution is -2.32. The van der Waals surface area contributed by atoms with Crippen LogP contribution in [0.15, 0.2) is 18.2 Å². The molecule has 0 amide bonds. The van der Waals surface area contributed by atoms with Gasteiger partial charge in [-0.05, 0) is 44.1 Å². The van der Waals surface area contributed by atoms with E-state index in [-0.39, 0.29) is 5.56 Å². The zero-order valence-corrected chi connectivity index (χ0v) is 9.20. The maximum absolute atomic E-state index is 13.6. The van der Waals surface area contributed by atoms with Gasteiger partial charge in [0.1, 0.15) is 17.7 Å². The highest BCUT2D eigenvalue weighted by Crippen LogP contribution is 2.27. The van der Waals surface area contributed by atoms with E-state index in [9.17, 15) is 18.7 Å². The van der Waals surface area contributed by atoms with Crippen LogP contribution in [0.25, 0.3) is 0 Å². The first-order valence-electron chi connectivity index (χ1n) is 5.51. The molecule has 1 aliphatic rings. The van der Waals surface area contributed by atoms with Crippen LogP contribution in [-0.4, -0.2) is 29.1 Å². The van der Waals surface area contributed by atoms with Crippen molar-refractivity contribution < 1.29 is 18.7 Å². The zero-order chi connectivity index (χ0) is 12.4. The molecule has 17 heavy (non-hydrogen) atoms. The van der Waals surface area contributed by atoms with E-state index < -0.39 is 23.6 Å². The minimum atomic E-state index is -1.14. The molecule has 0 aromatic heterocycles. The number of carboxylic acid groups (broad SMARTS) is 1. The monoisotopic (exact) mass is 241 g/mol. The number of aliphatic carboxylic acids is 1. The molecule has 0 bridgehead atoms. The summed E-state index contributed by atoms with van der Waals surface area (Å²) in [6.45, 7) is 1.21. The molecule has 1 N–H and O–H groups in total. The highest BCUT2D eigenvalue weighted by molar-refractivity contribution is 5.75. The summed E-state index contributed by atoms with van der Waals surface area (Å²) in [5.74, 6) is -2.44. The molecule has 5 heteroatoms. The molecule has 1 unspecified atom stereocenters. The van der Waals surface area contributed by atoms with Crippen molar-refractivity contribution in [1.29, 1.82) is 0 Å². The van der Waals surface area contributed by atoms with Crippen LogP contribution in [0.3, 0.4) is 0 Å². The summed E-state index contributed by atoms with van der Waals surface area (Å²) in [4.78, 5) is 12.9. The predicted molar refractivity (Wildman–Crippen MR) is 57.5 cm³/mol. The third kappa shape index (κ3) is 2.44. The van der Waals surface area contributed by atoms with Crippen molar-refractivity contribution in [1.82, 2.24) is 4.90 Å². The number of nitrogens with zero attached hydrogens (tertiary/aromatic N) is 1. The number of hydrogen-bond acceptors (Lipinski definition) is 2. The van der Waals surface area contributed by atoms with Crippen LogP contribution in [0.4, 0.5) is 8.78 Å². The molecular weight excluding hydrogens is 228 g/mol. The van der Waals surface area contributed by atoms with E-state index in [1.54, 1.807) is 4.90 Å². The summed E-state index contributed by atoms with van der Waals surface area (Å²) in [7, 11) is 0. The number of halogens is 2. The fourth-order valence-corrected chi connectivity index (χ4v) is 2.21. The van der Waals surface area contributed by atoms with Crippen LogP contribution in [0.1, 0.15) is 24.4 Å². The Kier molecular flexibility index (Phi) is 3.38. The van der Waals surface area contributed by atoms with Crippen molar-refractivity contribution in [3.8, 4) is 0 Å². The predicted octanol–water partition coefficient (Wildman–Crippen LogP) is 2.19. The molecule has 1 aromatic rings. The van der Waals surface area contributed by atoms with Gasteiger partial charge in [-0.1, -0.05) is 0 Å². The molecule has 1 fully saturated rings. The van der Waals surface area contributed by atoms with E-state index in [2.05, 4.69) is 0 Å². The number of likely N-dealkylation sites (tertiary alicyclic amines) is 1. The maximum Gasteiger partial charge on any atom is 0.325 e. The normalized spacial score (nSPS) is 18.2. The van der Waals surface area contributed by atoms with Crippen LogP contribution in [0.2, 0.25) is 0 Å². The molecular formula is C12H13F2NO2. The highest BCUT2D eigenvalue weighted by atomic mass is 19.1. The van der Waals surface area contributed by atoms with Crippen molar-refractivity contribution in [2.45, 2.75) is 18.9 Å². The lowest BCUT2D eigenvalue weighted by molar-refractivity contribution is -0.143. The van der Waals surface area contributed by atoms with Crippen molar-refractivity contribution in [2.75, 3.05) is 13.1 Å². The molecule has 92 valence electrons. The Morgan fingerprint density at radius 1 is 1.29 bits per heavy atom. The van der Waals surface area contributed by atoms with E-state index in [0.717, 1.165) is 31.0 Å². The Morgan fingerprint density at radius 3 is 2.53 bits per heavy atom. The van der Waals surface area contributed by atoms with E-state index in [0.29, 0.717) is 13.1 Å². The van der Waals surface area contributed by atoms with E-state index in [1.165, 1.54) is 0 Å². The van der Waals surface area contributed by atoms with Crippen molar-refractivity contribution >= 4 is 5.97 Å². The first-order valence-corrected chi connectivity index (χ1v) is 5.51. The van der Waals surface area contributed by atoms with Crippen LogP contribution in [0, 0.1) is 11.6 Å². The fourth-order valence-electron chi connectivity index (χ4n) is 2.21. The Labute approximate surface area is 97.7 Å². The van der Waals surface area contributed by atoms with Gasteiger partial charge >= 0.3 is 5.97 Å². The fraction of sp³-hybridized carbons (Fsp3) is 0.417. The van der Waals surface area contributed by atoms with Gasteiger partial charge < -0.3 is 5.11 Å². The molecule has 1 aromatic carbocycles. The minimum absolute atomic E-state index is 0.0978. The molecule has 1 atom stereocenters. The van der Waals surface area contributed by atoms with Gasteiger partial charge in [-0.25, -0.2) is 8.78 Å². The van der Waals surface area contributed by atoms with Gasteiger partial charge in [0, 0.05) is 5.56 Å². The number of rotatable bonds is 3. The smallest absolute Gasteiger partial charge is 0.325 e. The maximum atomic E-state index is 13.6. The molecule has 0 spiro atoms. The van der Waals surface area contributed by atoms with Crippen molar-refractivity contribution in [3.05, 3.63) is 35.4 Å². The van der Waals surface area contributed by atoms with E-state index in [1.807, 2.05) is 0 Å². The summed E-state index contributed by atoms with van der Waals surface area (Å²) in [6, 6.07) is 1.83. The molecule has 1 saturated heterocycles. The van der Waals surface area contributed by atoms with Gasteiger partial charge in [-0.3, -0.25) is 9.69 Å². The number of carboxylic acids is 1. The molecule has 0 saturated carbocycles. The van der Waals surface area contributed by atoms with Gasteiger partial charge in [-0.15, -0.1) is 0 Å². The molecule has 0 radical (unpaired) electrons. The van der Waals surface area contributed by atoms with Crippen LogP contribution in [0.5, 0.6) is 0 Å². The Balaban J connectivity index is 2.37. The first kappa shape index (κ1) is 12.0. The van der Waals surface area contributed by atoms with Crippen LogP contribution in [-0.2, 0) is 4.79 Å². The average Bonchev–Trinajstić information content (AvgIpc) is 2.76. The Bertz CT molecular complexity index is 431. The topological polar surface area (TPSA) is 40.5 Å². The van der Waals surface area contributed by atoms with Crippen LogP contribution < -0.4 is 0 Å². The molecule has 1 heterocycles. The third-order valence-corrected chi connectivity index (χ3v) is 2.99. The summed E-state index contributed by atoms with van der Waals surface area (Å²) in [6.07, 6.45) is 1.78. The summed E-state index contributed by atoms with van der Waals surface area (Å²) < 4.78 is 26.7. The largest absolute Gasteiger partial charge is 0.480 e. The molecule has 1 aliphatic heterocycles. The lowest BCUT2D eigenvalue weighted by Gasteiger charge is -2.24. The minimum Gasteiger partial charge on any atom is -0.480 e. The summed E-state index contributed by atoms with van der Waals surface area (Å²) >= 11 is 0. The second-order valence-corrected chi connectivity index (χ2v) is 4.15. The molecule has 0 aliphatic carbocycles. The van der Waals surface area contributed by atoms with Gasteiger partial charge in [-0.2, -0.15) is 0 Å². The summed E-state index contributed by atoms with van der Waals surface area (Å²) in [5.41, 5.74) is -0.0978. The summed E-state index contributed by atoms with van der Waals surface area (Å²) in [5, 5.41) is 9.17. The second kappa shape index (κ2) is 4.79. The quantitative estimate of drug-likeness (QED) is 0.881. The lowest BCUT2D eigenvalue weighted by atomic mass is 10.0. The Hall–Kier alpha value is -1.49. The van der Waals surface area contributed by atoms with Gasteiger partial charge in [0.25, 0.3) is 0 Å². The molecule has 3 nitrogen and oxygen atoms in total. The standard InChI is InChI=1S/C12H13F2NO2/c13-8-3-4-10(14)9(7-8)11(12(16)17)15-5-1-2-6-15/h3-4,7,11H,1-2,5-6H2,(H,16,17). The highest BCUT2D eigenvalue weighted by Gasteiger charge is 2.31. The first-order chi connectivity index (χ1) is 8.09. The van der Waals surface area contributed by atoms with Gasteiger partial charge in [0.15, 0.2) is 0 Å². The third-order valence-electron chi connectivity index (χ3n) is 2.99. The number of hydrogen-bond donors (Lipinski definition) is 1. The molecule has 2 rings (SSSR count). The van der Waals surface area contributed by atoms with E-state index >= 15 is 0 Å². The number of carbonyl (C=O) groups is 1. The number of benzene rings is 1. The van der Waals surface area contributed by atoms with Crippen molar-refractivity contribution in [2.24, 2.45) is 0 Å². The SMILES string of the molecule is O=C(O)C(c1cc(F)ccc1F)N1CCCC1. The van der Waals surface area contributed by atoms with Crippen molar-refractivity contribution in [3.63, 3.8) is 0 Å². The van der Waals surface area contributed by atoms with E-state index in [4.69, 9.17) is 0 Å². The van der Waals surface area contributed by atoms with Crippen LogP contribution >= 0.6 is 0 Å². The zero-order valence-electron chi connectivity index (χ0n) is 9.20. The van der Waals surface area contributed by atoms with Gasteiger partial charge in [0.05, 0.1) is 0 Å². The second-order valence-electron chi connectivity index (χ2n) is 4.15. The average molecular weight is 241 g/mol. The Morgan fingerprint density at radius 2 is 1.94 bits per heavy atom.